The highest BCUT2D eigenvalue weighted by molar-refractivity contribution is 7.09. The molecule has 0 saturated carbocycles. The van der Waals surface area contributed by atoms with Crippen LogP contribution in [0.2, 0.25) is 0 Å². The zero-order valence-electron chi connectivity index (χ0n) is 10.9. The minimum atomic E-state index is -0.453. The summed E-state index contributed by atoms with van der Waals surface area (Å²) in [4.78, 5) is 17.9. The van der Waals surface area contributed by atoms with Gasteiger partial charge in [-0.25, -0.2) is 10.8 Å². The van der Waals surface area contributed by atoms with E-state index in [1.54, 1.807) is 11.3 Å². The molecule has 8 heteroatoms. The highest BCUT2D eigenvalue weighted by Crippen LogP contribution is 2.24. The van der Waals surface area contributed by atoms with Crippen LogP contribution in [0.15, 0.2) is 29.6 Å². The SMILES string of the molecule is CCN(Cc1cccs1)c1cc([N+](=O)[O-])cc(NN)n1. The predicted molar refractivity (Wildman–Crippen MR) is 79.7 cm³/mol. The van der Waals surface area contributed by atoms with Crippen molar-refractivity contribution in [2.45, 2.75) is 13.5 Å². The third-order valence-electron chi connectivity index (χ3n) is 2.79. The van der Waals surface area contributed by atoms with Gasteiger partial charge in [-0.1, -0.05) is 6.07 Å². The van der Waals surface area contributed by atoms with Gasteiger partial charge in [-0.15, -0.1) is 11.3 Å². The van der Waals surface area contributed by atoms with Crippen molar-refractivity contribution < 1.29 is 4.92 Å². The summed E-state index contributed by atoms with van der Waals surface area (Å²) in [5, 5.41) is 12.9. The van der Waals surface area contributed by atoms with E-state index in [-0.39, 0.29) is 11.5 Å². The van der Waals surface area contributed by atoms with Gasteiger partial charge >= 0.3 is 0 Å². The van der Waals surface area contributed by atoms with Crippen molar-refractivity contribution in [1.29, 1.82) is 0 Å². The summed E-state index contributed by atoms with van der Waals surface area (Å²) in [7, 11) is 0. The number of hydrogen-bond donors (Lipinski definition) is 2. The van der Waals surface area contributed by atoms with Crippen LogP contribution in [0.5, 0.6) is 0 Å². The standard InChI is InChI=1S/C12H15N5O2S/c1-2-16(8-10-4-3-5-20-10)12-7-9(17(18)19)6-11(14-12)15-13/h3-7H,2,8,13H2,1H3,(H,14,15). The van der Waals surface area contributed by atoms with Crippen LogP contribution in [0.25, 0.3) is 0 Å². The number of hydrazine groups is 1. The summed E-state index contributed by atoms with van der Waals surface area (Å²) in [5.41, 5.74) is 2.33. The van der Waals surface area contributed by atoms with E-state index in [4.69, 9.17) is 5.84 Å². The molecule has 3 N–H and O–H groups in total. The number of rotatable bonds is 6. The number of aromatic nitrogens is 1. The van der Waals surface area contributed by atoms with Crippen LogP contribution in [-0.4, -0.2) is 16.5 Å². The van der Waals surface area contributed by atoms with Crippen LogP contribution in [0.1, 0.15) is 11.8 Å². The van der Waals surface area contributed by atoms with Gasteiger partial charge in [-0.2, -0.15) is 0 Å². The van der Waals surface area contributed by atoms with Crippen molar-refractivity contribution in [3.63, 3.8) is 0 Å². The summed E-state index contributed by atoms with van der Waals surface area (Å²) < 4.78 is 0. The van der Waals surface area contributed by atoms with Crippen LogP contribution >= 0.6 is 11.3 Å². The first-order valence-corrected chi connectivity index (χ1v) is 6.92. The quantitative estimate of drug-likeness (QED) is 0.482. The van der Waals surface area contributed by atoms with E-state index in [0.717, 1.165) is 0 Å². The van der Waals surface area contributed by atoms with E-state index in [1.807, 2.05) is 29.3 Å². The van der Waals surface area contributed by atoms with Crippen LogP contribution < -0.4 is 16.2 Å². The Bertz CT molecular complexity index is 588. The maximum absolute atomic E-state index is 10.9. The average molecular weight is 293 g/mol. The predicted octanol–water partition coefficient (Wildman–Crippen LogP) is 2.36. The Morgan fingerprint density at radius 2 is 2.35 bits per heavy atom. The number of thiophene rings is 1. The zero-order valence-corrected chi connectivity index (χ0v) is 11.8. The molecule has 0 aliphatic carbocycles. The van der Waals surface area contributed by atoms with Gasteiger partial charge in [0.15, 0.2) is 0 Å². The summed E-state index contributed by atoms with van der Waals surface area (Å²) in [6, 6.07) is 6.76. The van der Waals surface area contributed by atoms with E-state index < -0.39 is 4.92 Å². The second-order valence-electron chi connectivity index (χ2n) is 4.06. The highest BCUT2D eigenvalue weighted by atomic mass is 32.1. The Kier molecular flexibility index (Phi) is 4.49. The van der Waals surface area contributed by atoms with Gasteiger partial charge in [0.25, 0.3) is 5.69 Å². The Balaban J connectivity index is 2.32. The molecule has 2 rings (SSSR count). The number of anilines is 2. The molecule has 2 aromatic heterocycles. The van der Waals surface area contributed by atoms with E-state index in [9.17, 15) is 10.1 Å². The Labute approximate surface area is 120 Å². The van der Waals surface area contributed by atoms with Gasteiger partial charge in [0, 0.05) is 11.4 Å². The number of hydrogen-bond acceptors (Lipinski definition) is 7. The third-order valence-corrected chi connectivity index (χ3v) is 3.65. The number of nitrogen functional groups attached to an aromatic ring is 1. The lowest BCUT2D eigenvalue weighted by molar-refractivity contribution is -0.384. The van der Waals surface area contributed by atoms with Gasteiger partial charge < -0.3 is 10.3 Å². The van der Waals surface area contributed by atoms with E-state index in [0.29, 0.717) is 18.9 Å². The third kappa shape index (κ3) is 3.22. The fraction of sp³-hybridized carbons (Fsp3) is 0.250. The van der Waals surface area contributed by atoms with Gasteiger partial charge in [0.05, 0.1) is 23.6 Å². The molecule has 0 spiro atoms. The summed E-state index contributed by atoms with van der Waals surface area (Å²) >= 11 is 1.64. The van der Waals surface area contributed by atoms with Crippen molar-refractivity contribution in [1.82, 2.24) is 4.98 Å². The van der Waals surface area contributed by atoms with Crippen LogP contribution in [0.4, 0.5) is 17.3 Å². The Morgan fingerprint density at radius 3 is 2.90 bits per heavy atom. The number of nitrogens with zero attached hydrogens (tertiary/aromatic N) is 3. The van der Waals surface area contributed by atoms with Crippen LogP contribution in [0, 0.1) is 10.1 Å². The first-order chi connectivity index (χ1) is 9.63. The molecule has 2 heterocycles. The maximum atomic E-state index is 10.9. The topological polar surface area (TPSA) is 97.3 Å². The fourth-order valence-electron chi connectivity index (χ4n) is 1.79. The molecule has 0 unspecified atom stereocenters. The Morgan fingerprint density at radius 1 is 1.55 bits per heavy atom. The molecule has 0 atom stereocenters. The molecular weight excluding hydrogens is 278 g/mol. The fourth-order valence-corrected chi connectivity index (χ4v) is 2.51. The molecule has 0 aliphatic rings. The van der Waals surface area contributed by atoms with Crippen LogP contribution in [0.3, 0.4) is 0 Å². The molecule has 0 fully saturated rings. The average Bonchev–Trinajstić information content (AvgIpc) is 2.97. The molecule has 0 amide bonds. The molecule has 0 bridgehead atoms. The van der Waals surface area contributed by atoms with E-state index in [2.05, 4.69) is 10.4 Å². The second kappa shape index (κ2) is 6.31. The van der Waals surface area contributed by atoms with Crippen molar-refractivity contribution >= 4 is 28.7 Å². The summed E-state index contributed by atoms with van der Waals surface area (Å²) in [6.07, 6.45) is 0. The summed E-state index contributed by atoms with van der Waals surface area (Å²) in [5.74, 6) is 6.12. The number of pyridine rings is 1. The van der Waals surface area contributed by atoms with Gasteiger partial charge in [-0.3, -0.25) is 10.1 Å². The lowest BCUT2D eigenvalue weighted by atomic mass is 10.3. The minimum Gasteiger partial charge on any atom is -0.351 e. The van der Waals surface area contributed by atoms with Gasteiger partial charge in [0.2, 0.25) is 0 Å². The van der Waals surface area contributed by atoms with Crippen molar-refractivity contribution in [3.05, 3.63) is 44.6 Å². The molecule has 0 aromatic carbocycles. The van der Waals surface area contributed by atoms with E-state index >= 15 is 0 Å². The highest BCUT2D eigenvalue weighted by Gasteiger charge is 2.15. The van der Waals surface area contributed by atoms with Gasteiger partial charge in [-0.05, 0) is 18.4 Å². The lowest BCUT2D eigenvalue weighted by Gasteiger charge is -2.21. The first kappa shape index (κ1) is 14.2. The molecular formula is C12H15N5O2S. The molecule has 0 radical (unpaired) electrons. The largest absolute Gasteiger partial charge is 0.351 e. The zero-order chi connectivity index (χ0) is 14.5. The lowest BCUT2D eigenvalue weighted by Crippen LogP contribution is -2.23. The number of nitrogens with one attached hydrogen (secondary N) is 1. The second-order valence-corrected chi connectivity index (χ2v) is 5.10. The summed E-state index contributed by atoms with van der Waals surface area (Å²) in [6.45, 7) is 3.33. The monoisotopic (exact) mass is 293 g/mol. The van der Waals surface area contributed by atoms with Gasteiger partial charge in [0.1, 0.15) is 11.6 Å². The molecule has 2 aromatic rings. The molecule has 20 heavy (non-hydrogen) atoms. The minimum absolute atomic E-state index is 0.0346. The van der Waals surface area contributed by atoms with Crippen LogP contribution in [-0.2, 0) is 6.54 Å². The van der Waals surface area contributed by atoms with Crippen molar-refractivity contribution in [3.8, 4) is 0 Å². The van der Waals surface area contributed by atoms with Crippen molar-refractivity contribution in [2.75, 3.05) is 16.9 Å². The maximum Gasteiger partial charge on any atom is 0.276 e. The molecule has 0 saturated heterocycles. The molecule has 0 aliphatic heterocycles. The molecule has 106 valence electrons. The molecule has 7 nitrogen and oxygen atoms in total. The number of nitrogens with two attached hydrogens (primary N) is 1. The number of nitro groups is 1. The smallest absolute Gasteiger partial charge is 0.276 e. The normalized spacial score (nSPS) is 10.3. The van der Waals surface area contributed by atoms with Crippen molar-refractivity contribution in [2.24, 2.45) is 5.84 Å². The Hall–Kier alpha value is -2.19. The van der Waals surface area contributed by atoms with E-state index in [1.165, 1.54) is 17.0 Å². The first-order valence-electron chi connectivity index (χ1n) is 6.04.